The Kier molecular flexibility index (Phi) is 3.34. The molecule has 4 fully saturated rings. The average molecular weight is 305 g/mol. The molecule has 4 aliphatic carbocycles. The monoisotopic (exact) mass is 304 g/mol. The summed E-state index contributed by atoms with van der Waals surface area (Å²) >= 11 is 0. The summed E-state index contributed by atoms with van der Waals surface area (Å²) in [5, 5.41) is 10.5. The smallest absolute Gasteiger partial charge is 0.0622 e. The van der Waals surface area contributed by atoms with E-state index >= 15 is 0 Å². The molecular formula is C21H36O. The van der Waals surface area contributed by atoms with Gasteiger partial charge in [-0.15, -0.1) is 0 Å². The van der Waals surface area contributed by atoms with Gasteiger partial charge >= 0.3 is 0 Å². The van der Waals surface area contributed by atoms with Crippen LogP contribution in [-0.4, -0.2) is 10.7 Å². The van der Waals surface area contributed by atoms with Crippen LogP contribution in [0.15, 0.2) is 0 Å². The van der Waals surface area contributed by atoms with Gasteiger partial charge in [0, 0.05) is 0 Å². The minimum atomic E-state index is -0.369. The molecule has 0 radical (unpaired) electrons. The fraction of sp³-hybridized carbons (Fsp3) is 1.00. The summed E-state index contributed by atoms with van der Waals surface area (Å²) in [7, 11) is 0. The van der Waals surface area contributed by atoms with Crippen LogP contribution in [0.2, 0.25) is 0 Å². The molecule has 0 aliphatic heterocycles. The molecule has 0 bridgehead atoms. The Morgan fingerprint density at radius 1 is 0.727 bits per heavy atom. The first-order chi connectivity index (χ1) is 10.2. The summed E-state index contributed by atoms with van der Waals surface area (Å²) in [6.07, 6.45) is 12.1. The lowest BCUT2D eigenvalue weighted by Gasteiger charge is -2.58. The van der Waals surface area contributed by atoms with E-state index in [1.807, 2.05) is 0 Å². The highest BCUT2D eigenvalue weighted by molar-refractivity contribution is 5.09. The molecule has 4 rings (SSSR count). The molecule has 1 N–H and O–H groups in total. The Morgan fingerprint density at radius 3 is 2.23 bits per heavy atom. The highest BCUT2D eigenvalue weighted by Crippen LogP contribution is 2.68. The maximum absolute atomic E-state index is 10.5. The number of aliphatic hydroxyl groups is 1. The van der Waals surface area contributed by atoms with Gasteiger partial charge < -0.3 is 5.11 Å². The molecule has 0 aromatic rings. The van der Waals surface area contributed by atoms with E-state index in [9.17, 15) is 5.11 Å². The van der Waals surface area contributed by atoms with Gasteiger partial charge in [0.2, 0.25) is 0 Å². The van der Waals surface area contributed by atoms with Crippen molar-refractivity contribution in [3.63, 3.8) is 0 Å². The minimum Gasteiger partial charge on any atom is -0.390 e. The standard InChI is InChI=1S/C21H36O/c1-19(2)10-9-18-17-6-5-14-13-20(3,22)11-7-15(14)16(17)8-12-21(18,19)4/h14-18,22H,5-13H2,1-4H3/t14-,15+,16-,17-,18+,20-,21+/m1/s1. The summed E-state index contributed by atoms with van der Waals surface area (Å²) in [5.41, 5.74) is 0.781. The third-order valence-electron chi connectivity index (χ3n) is 9.25. The molecule has 0 unspecified atom stereocenters. The summed E-state index contributed by atoms with van der Waals surface area (Å²) in [5.74, 6) is 4.74. The fourth-order valence-electron chi connectivity index (χ4n) is 7.58. The number of hydrogen-bond donors (Lipinski definition) is 1. The first-order valence-electron chi connectivity index (χ1n) is 9.96. The van der Waals surface area contributed by atoms with Crippen LogP contribution in [0, 0.1) is 40.4 Å². The van der Waals surface area contributed by atoms with E-state index in [0.717, 1.165) is 42.4 Å². The molecule has 1 heteroatoms. The van der Waals surface area contributed by atoms with Crippen molar-refractivity contribution in [3.8, 4) is 0 Å². The maximum atomic E-state index is 10.5. The number of rotatable bonds is 0. The minimum absolute atomic E-state index is 0.369. The van der Waals surface area contributed by atoms with E-state index in [2.05, 4.69) is 27.7 Å². The molecular weight excluding hydrogens is 268 g/mol. The molecule has 0 aromatic heterocycles. The number of fused-ring (bicyclic) bond motifs is 5. The van der Waals surface area contributed by atoms with E-state index < -0.39 is 0 Å². The zero-order chi connectivity index (χ0) is 15.8. The van der Waals surface area contributed by atoms with Crippen molar-refractivity contribution in [1.82, 2.24) is 0 Å². The molecule has 4 saturated carbocycles. The fourth-order valence-corrected chi connectivity index (χ4v) is 7.58. The van der Waals surface area contributed by atoms with Crippen LogP contribution in [-0.2, 0) is 0 Å². The van der Waals surface area contributed by atoms with Crippen LogP contribution >= 0.6 is 0 Å². The van der Waals surface area contributed by atoms with Crippen molar-refractivity contribution in [3.05, 3.63) is 0 Å². The van der Waals surface area contributed by atoms with Crippen LogP contribution in [0.1, 0.15) is 85.5 Å². The van der Waals surface area contributed by atoms with Crippen LogP contribution in [0.4, 0.5) is 0 Å². The van der Waals surface area contributed by atoms with Crippen molar-refractivity contribution in [1.29, 1.82) is 0 Å². The van der Waals surface area contributed by atoms with Crippen molar-refractivity contribution in [2.75, 3.05) is 0 Å². The van der Waals surface area contributed by atoms with Gasteiger partial charge in [0.05, 0.1) is 5.60 Å². The van der Waals surface area contributed by atoms with Crippen molar-refractivity contribution >= 4 is 0 Å². The van der Waals surface area contributed by atoms with Gasteiger partial charge in [-0.25, -0.2) is 0 Å². The van der Waals surface area contributed by atoms with E-state index in [-0.39, 0.29) is 5.60 Å². The summed E-state index contributed by atoms with van der Waals surface area (Å²) in [4.78, 5) is 0. The second-order valence-corrected chi connectivity index (χ2v) is 10.6. The second-order valence-electron chi connectivity index (χ2n) is 10.6. The predicted molar refractivity (Wildman–Crippen MR) is 91.5 cm³/mol. The zero-order valence-electron chi connectivity index (χ0n) is 15.2. The Morgan fingerprint density at radius 2 is 1.45 bits per heavy atom. The lowest BCUT2D eigenvalue weighted by Crippen LogP contribution is -2.51. The van der Waals surface area contributed by atoms with E-state index in [1.165, 1.54) is 44.9 Å². The van der Waals surface area contributed by atoms with Crippen molar-refractivity contribution < 1.29 is 5.11 Å². The van der Waals surface area contributed by atoms with Gasteiger partial charge in [0.1, 0.15) is 0 Å². The van der Waals surface area contributed by atoms with Gasteiger partial charge in [-0.1, -0.05) is 20.8 Å². The highest BCUT2D eigenvalue weighted by Gasteiger charge is 2.59. The topological polar surface area (TPSA) is 20.2 Å². The maximum Gasteiger partial charge on any atom is 0.0622 e. The Hall–Kier alpha value is -0.0400. The zero-order valence-corrected chi connectivity index (χ0v) is 15.2. The lowest BCUT2D eigenvalue weighted by molar-refractivity contribution is -0.108. The Labute approximate surface area is 137 Å². The average Bonchev–Trinajstić information content (AvgIpc) is 2.68. The molecule has 126 valence electrons. The third-order valence-corrected chi connectivity index (χ3v) is 9.25. The van der Waals surface area contributed by atoms with Gasteiger partial charge in [-0.05, 0) is 105 Å². The largest absolute Gasteiger partial charge is 0.390 e. The molecule has 4 aliphatic rings. The first-order valence-corrected chi connectivity index (χ1v) is 9.96. The second kappa shape index (κ2) is 4.74. The third kappa shape index (κ3) is 2.06. The molecule has 0 saturated heterocycles. The summed E-state index contributed by atoms with van der Waals surface area (Å²) < 4.78 is 0. The summed E-state index contributed by atoms with van der Waals surface area (Å²) in [6.45, 7) is 9.78. The quantitative estimate of drug-likeness (QED) is 0.634. The molecule has 0 amide bonds. The van der Waals surface area contributed by atoms with Crippen LogP contribution in [0.3, 0.4) is 0 Å². The van der Waals surface area contributed by atoms with Crippen LogP contribution in [0.25, 0.3) is 0 Å². The first kappa shape index (κ1) is 15.5. The lowest BCUT2D eigenvalue weighted by atomic mass is 9.47. The van der Waals surface area contributed by atoms with Gasteiger partial charge in [0.15, 0.2) is 0 Å². The molecule has 0 heterocycles. The number of hydrogen-bond acceptors (Lipinski definition) is 1. The van der Waals surface area contributed by atoms with Crippen LogP contribution in [0.5, 0.6) is 0 Å². The predicted octanol–water partition coefficient (Wildman–Crippen LogP) is 5.42. The normalized spacial score (nSPS) is 56.9. The Bertz CT molecular complexity index is 451. The SMILES string of the molecule is CC1(C)CC[C@H]2[C@@H]3CC[C@@H]4C[C@](C)(O)CC[C@@H]4[C@H]3CC[C@@]21C. The van der Waals surface area contributed by atoms with Gasteiger partial charge in [-0.3, -0.25) is 0 Å². The highest BCUT2D eigenvalue weighted by atomic mass is 16.3. The Balaban J connectivity index is 1.57. The molecule has 1 nitrogen and oxygen atoms in total. The molecule has 22 heavy (non-hydrogen) atoms. The molecule has 7 atom stereocenters. The van der Waals surface area contributed by atoms with E-state index in [1.54, 1.807) is 0 Å². The van der Waals surface area contributed by atoms with Crippen molar-refractivity contribution in [2.24, 2.45) is 40.4 Å². The van der Waals surface area contributed by atoms with Gasteiger partial charge in [0.25, 0.3) is 0 Å². The van der Waals surface area contributed by atoms with E-state index in [0.29, 0.717) is 10.8 Å². The van der Waals surface area contributed by atoms with E-state index in [4.69, 9.17) is 0 Å². The summed E-state index contributed by atoms with van der Waals surface area (Å²) in [6, 6.07) is 0. The van der Waals surface area contributed by atoms with Crippen molar-refractivity contribution in [2.45, 2.75) is 91.1 Å². The molecule has 0 aromatic carbocycles. The van der Waals surface area contributed by atoms with Gasteiger partial charge in [-0.2, -0.15) is 0 Å². The molecule has 0 spiro atoms. The van der Waals surface area contributed by atoms with Crippen LogP contribution < -0.4 is 0 Å².